The molecular weight excluding hydrogens is 346 g/mol. The van der Waals surface area contributed by atoms with Crippen molar-refractivity contribution in [2.75, 3.05) is 13.1 Å². The summed E-state index contributed by atoms with van der Waals surface area (Å²) in [7, 11) is -3.64. The number of aromatic nitrogens is 1. The van der Waals surface area contributed by atoms with E-state index in [0.717, 1.165) is 29.6 Å². The van der Waals surface area contributed by atoms with Crippen LogP contribution in [0.1, 0.15) is 22.7 Å². The number of benzene rings is 2. The Labute approximate surface area is 153 Å². The average molecular weight is 367 g/mol. The maximum Gasteiger partial charge on any atom is 0.241 e. The molecule has 0 spiro atoms. The standard InChI is InChI=1S/C20H21N3O2S/c1-14-8-9-19(17-7-4-11-22-20(14)17)26(24,25)23-13-18-16-6-3-2-5-15(16)10-12-21-18/h2-9,11,18,21,23H,10,12-13H2,1H3. The lowest BCUT2D eigenvalue weighted by Gasteiger charge is -2.27. The minimum atomic E-state index is -3.64. The van der Waals surface area contributed by atoms with E-state index >= 15 is 0 Å². The molecule has 0 saturated carbocycles. The monoisotopic (exact) mass is 367 g/mol. The van der Waals surface area contributed by atoms with Gasteiger partial charge in [-0.15, -0.1) is 0 Å². The summed E-state index contributed by atoms with van der Waals surface area (Å²) >= 11 is 0. The molecule has 1 atom stereocenters. The van der Waals surface area contributed by atoms with Crippen LogP contribution in [0.3, 0.4) is 0 Å². The van der Waals surface area contributed by atoms with Crippen molar-refractivity contribution in [1.82, 2.24) is 15.0 Å². The Morgan fingerprint density at radius 2 is 2.00 bits per heavy atom. The lowest BCUT2D eigenvalue weighted by molar-refractivity contribution is 0.492. The van der Waals surface area contributed by atoms with Gasteiger partial charge < -0.3 is 5.32 Å². The third-order valence-electron chi connectivity index (χ3n) is 4.91. The van der Waals surface area contributed by atoms with Crippen LogP contribution in [0.5, 0.6) is 0 Å². The Morgan fingerprint density at radius 3 is 2.88 bits per heavy atom. The molecule has 26 heavy (non-hydrogen) atoms. The van der Waals surface area contributed by atoms with Gasteiger partial charge in [-0.05, 0) is 54.8 Å². The number of aryl methyl sites for hydroxylation is 1. The summed E-state index contributed by atoms with van der Waals surface area (Å²) in [6, 6.07) is 15.2. The molecule has 0 aliphatic carbocycles. The molecule has 3 aromatic rings. The Balaban J connectivity index is 1.63. The number of sulfonamides is 1. The Bertz CT molecular complexity index is 1060. The lowest BCUT2D eigenvalue weighted by Crippen LogP contribution is -2.38. The first-order valence-electron chi connectivity index (χ1n) is 8.71. The number of pyridine rings is 1. The average Bonchev–Trinajstić information content (AvgIpc) is 2.66. The Kier molecular flexibility index (Phi) is 4.48. The van der Waals surface area contributed by atoms with Crippen LogP contribution in [0.2, 0.25) is 0 Å². The van der Waals surface area contributed by atoms with Gasteiger partial charge in [0.05, 0.1) is 10.4 Å². The predicted molar refractivity (Wildman–Crippen MR) is 103 cm³/mol. The van der Waals surface area contributed by atoms with Crippen LogP contribution in [-0.2, 0) is 16.4 Å². The van der Waals surface area contributed by atoms with Crippen molar-refractivity contribution in [2.24, 2.45) is 0 Å². The van der Waals surface area contributed by atoms with Crippen molar-refractivity contribution in [3.8, 4) is 0 Å². The molecule has 0 fully saturated rings. The zero-order chi connectivity index (χ0) is 18.1. The van der Waals surface area contributed by atoms with Crippen molar-refractivity contribution in [3.63, 3.8) is 0 Å². The smallest absolute Gasteiger partial charge is 0.241 e. The number of nitrogens with one attached hydrogen (secondary N) is 2. The highest BCUT2D eigenvalue weighted by molar-refractivity contribution is 7.89. The third-order valence-corrected chi connectivity index (χ3v) is 6.40. The summed E-state index contributed by atoms with van der Waals surface area (Å²) < 4.78 is 28.7. The fraction of sp³-hybridized carbons (Fsp3) is 0.250. The fourth-order valence-corrected chi connectivity index (χ4v) is 4.81. The molecule has 4 rings (SSSR count). The van der Waals surface area contributed by atoms with Gasteiger partial charge in [-0.1, -0.05) is 30.3 Å². The van der Waals surface area contributed by atoms with Crippen LogP contribution in [0.15, 0.2) is 59.6 Å². The van der Waals surface area contributed by atoms with E-state index in [9.17, 15) is 8.42 Å². The van der Waals surface area contributed by atoms with E-state index in [-0.39, 0.29) is 10.9 Å². The van der Waals surface area contributed by atoms with Gasteiger partial charge in [0.15, 0.2) is 0 Å². The molecule has 1 unspecified atom stereocenters. The molecule has 0 amide bonds. The second-order valence-electron chi connectivity index (χ2n) is 6.59. The van der Waals surface area contributed by atoms with E-state index in [1.807, 2.05) is 19.1 Å². The molecule has 2 heterocycles. The molecule has 1 aromatic heterocycles. The van der Waals surface area contributed by atoms with Gasteiger partial charge in [-0.2, -0.15) is 0 Å². The lowest BCUT2D eigenvalue weighted by atomic mass is 9.95. The van der Waals surface area contributed by atoms with Gasteiger partial charge >= 0.3 is 0 Å². The van der Waals surface area contributed by atoms with Gasteiger partial charge in [0.25, 0.3) is 0 Å². The first kappa shape index (κ1) is 17.1. The first-order valence-corrected chi connectivity index (χ1v) is 10.2. The van der Waals surface area contributed by atoms with Crippen molar-refractivity contribution >= 4 is 20.9 Å². The topological polar surface area (TPSA) is 71.1 Å². The number of hydrogen-bond donors (Lipinski definition) is 2. The molecular formula is C20H21N3O2S. The second kappa shape index (κ2) is 6.79. The van der Waals surface area contributed by atoms with Crippen LogP contribution in [0.25, 0.3) is 10.9 Å². The Hall–Kier alpha value is -2.28. The van der Waals surface area contributed by atoms with Crippen LogP contribution in [0.4, 0.5) is 0 Å². The number of rotatable bonds is 4. The maximum atomic E-state index is 12.9. The largest absolute Gasteiger partial charge is 0.308 e. The molecule has 1 aliphatic rings. The summed E-state index contributed by atoms with van der Waals surface area (Å²) in [5.74, 6) is 0. The zero-order valence-electron chi connectivity index (χ0n) is 14.6. The van der Waals surface area contributed by atoms with E-state index in [1.54, 1.807) is 30.5 Å². The summed E-state index contributed by atoms with van der Waals surface area (Å²) in [6.07, 6.45) is 2.65. The van der Waals surface area contributed by atoms with Gasteiger partial charge in [-0.3, -0.25) is 4.98 Å². The predicted octanol–water partition coefficient (Wildman–Crippen LogP) is 2.71. The molecule has 2 N–H and O–H groups in total. The highest BCUT2D eigenvalue weighted by atomic mass is 32.2. The van der Waals surface area contributed by atoms with Crippen LogP contribution >= 0.6 is 0 Å². The van der Waals surface area contributed by atoms with E-state index in [4.69, 9.17) is 0 Å². The highest BCUT2D eigenvalue weighted by Gasteiger charge is 2.23. The minimum absolute atomic E-state index is 0.0236. The van der Waals surface area contributed by atoms with Gasteiger partial charge in [0.1, 0.15) is 0 Å². The molecule has 0 saturated heterocycles. The van der Waals surface area contributed by atoms with Crippen molar-refractivity contribution in [3.05, 3.63) is 71.4 Å². The van der Waals surface area contributed by atoms with Crippen molar-refractivity contribution in [2.45, 2.75) is 24.3 Å². The molecule has 2 aromatic carbocycles. The summed E-state index contributed by atoms with van der Waals surface area (Å²) in [6.45, 7) is 3.10. The van der Waals surface area contributed by atoms with E-state index in [2.05, 4.69) is 27.2 Å². The van der Waals surface area contributed by atoms with Gasteiger partial charge in [-0.25, -0.2) is 13.1 Å². The number of nitrogens with zero attached hydrogens (tertiary/aromatic N) is 1. The van der Waals surface area contributed by atoms with Gasteiger partial charge in [0.2, 0.25) is 10.0 Å². The normalized spacial score (nSPS) is 17.2. The summed E-state index contributed by atoms with van der Waals surface area (Å²) in [4.78, 5) is 4.60. The molecule has 6 heteroatoms. The number of hydrogen-bond acceptors (Lipinski definition) is 4. The summed E-state index contributed by atoms with van der Waals surface area (Å²) in [5.41, 5.74) is 4.12. The first-order chi connectivity index (χ1) is 12.6. The molecule has 1 aliphatic heterocycles. The molecule has 5 nitrogen and oxygen atoms in total. The molecule has 0 bridgehead atoms. The Morgan fingerprint density at radius 1 is 1.15 bits per heavy atom. The fourth-order valence-electron chi connectivity index (χ4n) is 3.57. The SMILES string of the molecule is Cc1ccc(S(=O)(=O)NCC2NCCc3ccccc32)c2cccnc12. The van der Waals surface area contributed by atoms with Crippen LogP contribution in [-0.4, -0.2) is 26.5 Å². The maximum absolute atomic E-state index is 12.9. The summed E-state index contributed by atoms with van der Waals surface area (Å²) in [5, 5.41) is 4.06. The van der Waals surface area contributed by atoms with Crippen LogP contribution < -0.4 is 10.0 Å². The highest BCUT2D eigenvalue weighted by Crippen LogP contribution is 2.26. The van der Waals surface area contributed by atoms with E-state index in [1.165, 1.54) is 5.56 Å². The third kappa shape index (κ3) is 3.11. The quantitative estimate of drug-likeness (QED) is 0.744. The molecule has 134 valence electrons. The molecule has 0 radical (unpaired) electrons. The number of fused-ring (bicyclic) bond motifs is 2. The minimum Gasteiger partial charge on any atom is -0.308 e. The van der Waals surface area contributed by atoms with Gasteiger partial charge in [0, 0.05) is 24.2 Å². The van der Waals surface area contributed by atoms with Crippen LogP contribution in [0, 0.1) is 6.92 Å². The van der Waals surface area contributed by atoms with E-state index < -0.39 is 10.0 Å². The zero-order valence-corrected chi connectivity index (χ0v) is 15.4. The second-order valence-corrected chi connectivity index (χ2v) is 8.32. The van der Waals surface area contributed by atoms with Crippen molar-refractivity contribution in [1.29, 1.82) is 0 Å². The van der Waals surface area contributed by atoms with Crippen molar-refractivity contribution < 1.29 is 8.42 Å². The van der Waals surface area contributed by atoms with E-state index in [0.29, 0.717) is 11.9 Å².